The minimum absolute atomic E-state index is 0.711. The number of halogens is 2. The molecule has 0 saturated carbocycles. The van der Waals surface area contributed by atoms with Gasteiger partial charge in [0.1, 0.15) is 0 Å². The standard InChI is InChI=1S/C15H16F2N2/c16-13-8-11-5-7-19(15(11)9-14(13)17)10-12-4-2-1-3-6-18-12/h3-4,6,8-9,18H,1-2,5,7,10H2. The lowest BCUT2D eigenvalue weighted by atomic mass is 10.1. The molecule has 1 aromatic carbocycles. The van der Waals surface area contributed by atoms with Crippen molar-refractivity contribution in [3.05, 3.63) is 53.4 Å². The third-order valence-corrected chi connectivity index (χ3v) is 3.59. The SMILES string of the molecule is Fc1cc2c(cc1F)N(CC1=CCCC=CN1)CC2. The Bertz CT molecular complexity index is 549. The molecule has 4 heteroatoms. The predicted octanol–water partition coefficient (Wildman–Crippen LogP) is 3.11. The maximum Gasteiger partial charge on any atom is 0.160 e. The Morgan fingerprint density at radius 1 is 1.16 bits per heavy atom. The number of fused-ring (bicyclic) bond motifs is 1. The zero-order valence-corrected chi connectivity index (χ0v) is 10.6. The second kappa shape index (κ2) is 5.03. The third kappa shape index (κ3) is 2.48. The van der Waals surface area contributed by atoms with Gasteiger partial charge in [-0.25, -0.2) is 8.78 Å². The molecule has 2 aliphatic rings. The van der Waals surface area contributed by atoms with Crippen molar-refractivity contribution in [2.75, 3.05) is 18.0 Å². The van der Waals surface area contributed by atoms with Crippen LogP contribution in [0.3, 0.4) is 0 Å². The number of nitrogens with one attached hydrogen (secondary N) is 1. The van der Waals surface area contributed by atoms with Crippen LogP contribution in [0, 0.1) is 11.6 Å². The maximum atomic E-state index is 13.3. The summed E-state index contributed by atoms with van der Waals surface area (Å²) >= 11 is 0. The van der Waals surface area contributed by atoms with Gasteiger partial charge < -0.3 is 10.2 Å². The highest BCUT2D eigenvalue weighted by molar-refractivity contribution is 5.59. The Morgan fingerprint density at radius 3 is 2.89 bits per heavy atom. The normalized spacial score (nSPS) is 17.8. The summed E-state index contributed by atoms with van der Waals surface area (Å²) < 4.78 is 26.5. The van der Waals surface area contributed by atoms with Crippen LogP contribution in [0.2, 0.25) is 0 Å². The first-order chi connectivity index (χ1) is 9.24. The monoisotopic (exact) mass is 262 g/mol. The van der Waals surface area contributed by atoms with Crippen molar-refractivity contribution >= 4 is 5.69 Å². The van der Waals surface area contributed by atoms with Gasteiger partial charge in [-0.3, -0.25) is 0 Å². The molecule has 0 radical (unpaired) electrons. The van der Waals surface area contributed by atoms with Crippen molar-refractivity contribution < 1.29 is 8.78 Å². The number of hydrogen-bond donors (Lipinski definition) is 1. The van der Waals surface area contributed by atoms with Crippen LogP contribution in [0.1, 0.15) is 18.4 Å². The lowest BCUT2D eigenvalue weighted by Gasteiger charge is -2.21. The Morgan fingerprint density at radius 2 is 2.00 bits per heavy atom. The average molecular weight is 262 g/mol. The highest BCUT2D eigenvalue weighted by atomic mass is 19.2. The molecule has 2 heterocycles. The molecule has 0 atom stereocenters. The molecule has 19 heavy (non-hydrogen) atoms. The molecule has 0 aliphatic carbocycles. The second-order valence-electron chi connectivity index (χ2n) is 4.92. The van der Waals surface area contributed by atoms with E-state index in [1.807, 2.05) is 6.20 Å². The molecular weight excluding hydrogens is 246 g/mol. The molecule has 2 nitrogen and oxygen atoms in total. The summed E-state index contributed by atoms with van der Waals surface area (Å²) in [6, 6.07) is 2.63. The van der Waals surface area contributed by atoms with Crippen molar-refractivity contribution in [3.8, 4) is 0 Å². The molecular formula is C15H16F2N2. The fraction of sp³-hybridized carbons (Fsp3) is 0.333. The molecule has 0 unspecified atom stereocenters. The molecule has 0 aromatic heterocycles. The van der Waals surface area contributed by atoms with Gasteiger partial charge >= 0.3 is 0 Å². The first kappa shape index (κ1) is 12.2. The zero-order valence-electron chi connectivity index (χ0n) is 10.6. The van der Waals surface area contributed by atoms with Crippen LogP contribution in [-0.2, 0) is 6.42 Å². The smallest absolute Gasteiger partial charge is 0.160 e. The molecule has 1 N–H and O–H groups in total. The molecule has 3 rings (SSSR count). The van der Waals surface area contributed by atoms with Crippen LogP contribution in [0.4, 0.5) is 14.5 Å². The number of nitrogens with zero attached hydrogens (tertiary/aromatic N) is 1. The fourth-order valence-corrected chi connectivity index (χ4v) is 2.59. The quantitative estimate of drug-likeness (QED) is 0.881. The highest BCUT2D eigenvalue weighted by Gasteiger charge is 2.22. The van der Waals surface area contributed by atoms with Gasteiger partial charge in [-0.15, -0.1) is 0 Å². The summed E-state index contributed by atoms with van der Waals surface area (Å²) in [5, 5.41) is 3.24. The first-order valence-electron chi connectivity index (χ1n) is 6.57. The molecule has 100 valence electrons. The molecule has 0 fully saturated rings. The van der Waals surface area contributed by atoms with E-state index in [9.17, 15) is 8.78 Å². The van der Waals surface area contributed by atoms with Crippen molar-refractivity contribution in [1.29, 1.82) is 0 Å². The molecule has 0 saturated heterocycles. The molecule has 0 amide bonds. The lowest BCUT2D eigenvalue weighted by molar-refractivity contribution is 0.508. The third-order valence-electron chi connectivity index (χ3n) is 3.59. The minimum atomic E-state index is -0.770. The zero-order chi connectivity index (χ0) is 13.2. The van der Waals surface area contributed by atoms with Crippen LogP contribution < -0.4 is 10.2 Å². The van der Waals surface area contributed by atoms with Crippen LogP contribution >= 0.6 is 0 Å². The minimum Gasteiger partial charge on any atom is -0.365 e. The van der Waals surface area contributed by atoms with Crippen LogP contribution in [0.25, 0.3) is 0 Å². The van der Waals surface area contributed by atoms with E-state index in [1.54, 1.807) is 0 Å². The van der Waals surface area contributed by atoms with Crippen molar-refractivity contribution in [1.82, 2.24) is 5.32 Å². The lowest BCUT2D eigenvalue weighted by Crippen LogP contribution is -2.27. The average Bonchev–Trinajstić information content (AvgIpc) is 2.63. The summed E-state index contributed by atoms with van der Waals surface area (Å²) in [5.41, 5.74) is 2.82. The van der Waals surface area contributed by atoms with E-state index in [1.165, 1.54) is 12.1 Å². The Kier molecular flexibility index (Phi) is 3.23. The van der Waals surface area contributed by atoms with Crippen molar-refractivity contribution in [2.24, 2.45) is 0 Å². The van der Waals surface area contributed by atoms with Gasteiger partial charge in [0.25, 0.3) is 0 Å². The van der Waals surface area contributed by atoms with Gasteiger partial charge in [-0.05, 0) is 37.1 Å². The van der Waals surface area contributed by atoms with Gasteiger partial charge in [-0.1, -0.05) is 12.2 Å². The molecule has 1 aromatic rings. The molecule has 0 bridgehead atoms. The van der Waals surface area contributed by atoms with Gasteiger partial charge in [-0.2, -0.15) is 0 Å². The van der Waals surface area contributed by atoms with Crippen LogP contribution in [0.5, 0.6) is 0 Å². The number of benzene rings is 1. The first-order valence-corrected chi connectivity index (χ1v) is 6.57. The Labute approximate surface area is 111 Å². The van der Waals surface area contributed by atoms with E-state index in [4.69, 9.17) is 0 Å². The van der Waals surface area contributed by atoms with Gasteiger partial charge in [0, 0.05) is 24.0 Å². The maximum absolute atomic E-state index is 13.3. The van der Waals surface area contributed by atoms with Crippen molar-refractivity contribution in [3.63, 3.8) is 0 Å². The van der Waals surface area contributed by atoms with Gasteiger partial charge in [0.15, 0.2) is 11.6 Å². The van der Waals surface area contributed by atoms with Gasteiger partial charge in [0.05, 0.1) is 6.54 Å². The van der Waals surface area contributed by atoms with Gasteiger partial charge in [0.2, 0.25) is 0 Å². The summed E-state index contributed by atoms with van der Waals surface area (Å²) in [4.78, 5) is 2.09. The topological polar surface area (TPSA) is 15.3 Å². The number of anilines is 1. The molecule has 0 spiro atoms. The summed E-state index contributed by atoms with van der Waals surface area (Å²) in [6.45, 7) is 1.52. The van der Waals surface area contributed by atoms with E-state index < -0.39 is 11.6 Å². The van der Waals surface area contributed by atoms with Crippen LogP contribution in [-0.4, -0.2) is 13.1 Å². The van der Waals surface area contributed by atoms with E-state index in [0.29, 0.717) is 6.54 Å². The second-order valence-corrected chi connectivity index (χ2v) is 4.92. The summed E-state index contributed by atoms with van der Waals surface area (Å²) in [6.07, 6.45) is 9.02. The predicted molar refractivity (Wildman–Crippen MR) is 71.9 cm³/mol. The largest absolute Gasteiger partial charge is 0.365 e. The summed E-state index contributed by atoms with van der Waals surface area (Å²) in [7, 11) is 0. The Balaban J connectivity index is 1.80. The fourth-order valence-electron chi connectivity index (χ4n) is 2.59. The Hall–Kier alpha value is -1.84. The van der Waals surface area contributed by atoms with E-state index in [2.05, 4.69) is 22.4 Å². The molecule has 2 aliphatic heterocycles. The van der Waals surface area contributed by atoms with Crippen molar-refractivity contribution in [2.45, 2.75) is 19.3 Å². The highest BCUT2D eigenvalue weighted by Crippen LogP contribution is 2.30. The number of hydrogen-bond acceptors (Lipinski definition) is 2. The van der Waals surface area contributed by atoms with E-state index in [-0.39, 0.29) is 0 Å². The van der Waals surface area contributed by atoms with E-state index in [0.717, 1.165) is 42.8 Å². The number of allylic oxidation sites excluding steroid dienone is 2. The summed E-state index contributed by atoms with van der Waals surface area (Å²) in [5.74, 6) is -1.52. The van der Waals surface area contributed by atoms with Crippen LogP contribution in [0.15, 0.2) is 36.2 Å². The number of rotatable bonds is 2. The van der Waals surface area contributed by atoms with E-state index >= 15 is 0 Å².